The lowest BCUT2D eigenvalue weighted by atomic mass is 9.99. The number of hydrogen-bond acceptors (Lipinski definition) is 4. The van der Waals surface area contributed by atoms with Gasteiger partial charge in [0.2, 0.25) is 0 Å². The number of nitrogens with zero attached hydrogens (tertiary/aromatic N) is 1. The maximum absolute atomic E-state index is 12.3. The Kier molecular flexibility index (Phi) is 3.38. The average Bonchev–Trinajstić information content (AvgIpc) is 2.78. The van der Waals surface area contributed by atoms with Gasteiger partial charge in [-0.25, -0.2) is 0 Å². The van der Waals surface area contributed by atoms with E-state index in [-0.39, 0.29) is 11.9 Å². The molecule has 1 aromatic heterocycles. The van der Waals surface area contributed by atoms with Crippen LogP contribution in [0.1, 0.15) is 36.0 Å². The van der Waals surface area contributed by atoms with E-state index in [1.54, 1.807) is 25.6 Å². The Bertz CT molecular complexity index is 466. The molecule has 0 aromatic carbocycles. The largest absolute Gasteiger partial charge is 0.494 e. The standard InChI is InChI=1S/C14H19N3O2/c1-19-13-8-15-5-4-12(13)14(18)17-11-6-9-2-3-10(7-11)16-9/h4-5,8-11,16H,2-3,6-7H2,1H3,(H,17,18). The van der Waals surface area contributed by atoms with E-state index >= 15 is 0 Å². The summed E-state index contributed by atoms with van der Waals surface area (Å²) in [5.41, 5.74) is 0.559. The molecule has 1 aromatic rings. The first kappa shape index (κ1) is 12.4. The second-order valence-electron chi connectivity index (χ2n) is 5.36. The summed E-state index contributed by atoms with van der Waals surface area (Å²) >= 11 is 0. The fourth-order valence-electron chi connectivity index (χ4n) is 3.17. The zero-order valence-corrected chi connectivity index (χ0v) is 11.1. The van der Waals surface area contributed by atoms with Gasteiger partial charge in [-0.05, 0) is 31.7 Å². The molecule has 2 atom stereocenters. The van der Waals surface area contributed by atoms with E-state index in [0.29, 0.717) is 23.4 Å². The zero-order valence-electron chi connectivity index (χ0n) is 11.1. The van der Waals surface area contributed by atoms with E-state index in [2.05, 4.69) is 15.6 Å². The van der Waals surface area contributed by atoms with Crippen LogP contribution in [0.3, 0.4) is 0 Å². The van der Waals surface area contributed by atoms with E-state index < -0.39 is 0 Å². The highest BCUT2D eigenvalue weighted by atomic mass is 16.5. The summed E-state index contributed by atoms with van der Waals surface area (Å²) in [7, 11) is 1.55. The van der Waals surface area contributed by atoms with E-state index in [9.17, 15) is 4.79 Å². The first-order valence-electron chi connectivity index (χ1n) is 6.81. The number of rotatable bonds is 3. The van der Waals surface area contributed by atoms with Crippen LogP contribution in [-0.4, -0.2) is 36.1 Å². The van der Waals surface area contributed by atoms with Gasteiger partial charge in [0.05, 0.1) is 18.9 Å². The molecule has 2 N–H and O–H groups in total. The number of carbonyl (C=O) groups excluding carboxylic acids is 1. The monoisotopic (exact) mass is 261 g/mol. The molecule has 2 saturated heterocycles. The molecule has 0 radical (unpaired) electrons. The van der Waals surface area contributed by atoms with Gasteiger partial charge in [-0.3, -0.25) is 9.78 Å². The van der Waals surface area contributed by atoms with Crippen molar-refractivity contribution in [3.8, 4) is 5.75 Å². The van der Waals surface area contributed by atoms with Crippen LogP contribution in [0.25, 0.3) is 0 Å². The molecule has 0 saturated carbocycles. The normalized spacial score (nSPS) is 29.0. The molecule has 0 aliphatic carbocycles. The Morgan fingerprint density at radius 3 is 2.84 bits per heavy atom. The van der Waals surface area contributed by atoms with Crippen molar-refractivity contribution in [2.75, 3.05) is 7.11 Å². The number of fused-ring (bicyclic) bond motifs is 2. The molecule has 2 fully saturated rings. The van der Waals surface area contributed by atoms with Gasteiger partial charge >= 0.3 is 0 Å². The summed E-state index contributed by atoms with van der Waals surface area (Å²) in [6.07, 6.45) is 7.70. The summed E-state index contributed by atoms with van der Waals surface area (Å²) in [5, 5.41) is 6.69. The van der Waals surface area contributed by atoms with E-state index in [4.69, 9.17) is 4.74 Å². The zero-order chi connectivity index (χ0) is 13.2. The van der Waals surface area contributed by atoms with Gasteiger partial charge in [-0.15, -0.1) is 0 Å². The van der Waals surface area contributed by atoms with Crippen LogP contribution in [0.2, 0.25) is 0 Å². The number of ether oxygens (including phenoxy) is 1. The fourth-order valence-corrected chi connectivity index (χ4v) is 3.17. The molecular formula is C14H19N3O2. The second-order valence-corrected chi connectivity index (χ2v) is 5.36. The number of pyridine rings is 1. The summed E-state index contributed by atoms with van der Waals surface area (Å²) in [6, 6.07) is 3.11. The number of piperidine rings is 1. The minimum atomic E-state index is -0.0643. The summed E-state index contributed by atoms with van der Waals surface area (Å²) in [6.45, 7) is 0. The van der Waals surface area contributed by atoms with Crippen molar-refractivity contribution in [1.82, 2.24) is 15.6 Å². The van der Waals surface area contributed by atoms with Crippen LogP contribution in [0.15, 0.2) is 18.5 Å². The third kappa shape index (κ3) is 2.56. The number of methoxy groups -OCH3 is 1. The summed E-state index contributed by atoms with van der Waals surface area (Å²) in [5.74, 6) is 0.461. The number of nitrogens with one attached hydrogen (secondary N) is 2. The maximum Gasteiger partial charge on any atom is 0.255 e. The molecule has 0 spiro atoms. The van der Waals surface area contributed by atoms with Crippen LogP contribution < -0.4 is 15.4 Å². The predicted molar refractivity (Wildman–Crippen MR) is 71.2 cm³/mol. The molecule has 2 aliphatic rings. The summed E-state index contributed by atoms with van der Waals surface area (Å²) < 4.78 is 5.17. The molecule has 19 heavy (non-hydrogen) atoms. The van der Waals surface area contributed by atoms with Crippen LogP contribution in [0, 0.1) is 0 Å². The Labute approximate surface area is 112 Å². The molecule has 5 heteroatoms. The van der Waals surface area contributed by atoms with Crippen molar-refractivity contribution in [1.29, 1.82) is 0 Å². The highest BCUT2D eigenvalue weighted by Gasteiger charge is 2.34. The number of carbonyl (C=O) groups is 1. The third-order valence-corrected chi connectivity index (χ3v) is 4.06. The van der Waals surface area contributed by atoms with Gasteiger partial charge < -0.3 is 15.4 Å². The van der Waals surface area contributed by atoms with Crippen molar-refractivity contribution < 1.29 is 9.53 Å². The fraction of sp³-hybridized carbons (Fsp3) is 0.571. The smallest absolute Gasteiger partial charge is 0.255 e. The van der Waals surface area contributed by atoms with Gasteiger partial charge in [-0.1, -0.05) is 0 Å². The molecule has 2 aliphatic heterocycles. The van der Waals surface area contributed by atoms with Crippen molar-refractivity contribution in [3.63, 3.8) is 0 Å². The predicted octanol–water partition coefficient (Wildman–Crippen LogP) is 1.10. The van der Waals surface area contributed by atoms with Crippen molar-refractivity contribution in [3.05, 3.63) is 24.0 Å². The number of hydrogen-bond donors (Lipinski definition) is 2. The topological polar surface area (TPSA) is 63.2 Å². The van der Waals surface area contributed by atoms with Gasteiger partial charge in [0.15, 0.2) is 0 Å². The Morgan fingerprint density at radius 2 is 2.16 bits per heavy atom. The van der Waals surface area contributed by atoms with Crippen molar-refractivity contribution in [2.45, 2.75) is 43.8 Å². The minimum Gasteiger partial charge on any atom is -0.494 e. The Morgan fingerprint density at radius 1 is 1.42 bits per heavy atom. The van der Waals surface area contributed by atoms with E-state index in [0.717, 1.165) is 12.8 Å². The molecule has 2 bridgehead atoms. The molecule has 2 unspecified atom stereocenters. The third-order valence-electron chi connectivity index (χ3n) is 4.06. The SMILES string of the molecule is COc1cnccc1C(=O)NC1CC2CCC(C1)N2. The van der Waals surface area contributed by atoms with Crippen LogP contribution >= 0.6 is 0 Å². The summed E-state index contributed by atoms with van der Waals surface area (Å²) in [4.78, 5) is 16.3. The quantitative estimate of drug-likeness (QED) is 0.855. The first-order valence-corrected chi connectivity index (χ1v) is 6.81. The highest BCUT2D eigenvalue weighted by molar-refractivity contribution is 5.96. The molecule has 1 amide bonds. The Balaban J connectivity index is 1.68. The average molecular weight is 261 g/mol. The first-order chi connectivity index (χ1) is 9.26. The lowest BCUT2D eigenvalue weighted by Crippen LogP contribution is -2.48. The number of aromatic nitrogens is 1. The maximum atomic E-state index is 12.3. The van der Waals surface area contributed by atoms with Gasteiger partial charge in [0, 0.05) is 24.3 Å². The van der Waals surface area contributed by atoms with Gasteiger partial charge in [-0.2, -0.15) is 0 Å². The van der Waals surface area contributed by atoms with E-state index in [1.165, 1.54) is 12.8 Å². The van der Waals surface area contributed by atoms with Crippen LogP contribution in [-0.2, 0) is 0 Å². The van der Waals surface area contributed by atoms with Crippen molar-refractivity contribution in [2.24, 2.45) is 0 Å². The van der Waals surface area contributed by atoms with Gasteiger partial charge in [0.25, 0.3) is 5.91 Å². The van der Waals surface area contributed by atoms with Gasteiger partial charge in [0.1, 0.15) is 5.75 Å². The van der Waals surface area contributed by atoms with E-state index in [1.807, 2.05) is 0 Å². The van der Waals surface area contributed by atoms with Crippen molar-refractivity contribution >= 4 is 5.91 Å². The lowest BCUT2D eigenvalue weighted by Gasteiger charge is -2.29. The molecule has 5 nitrogen and oxygen atoms in total. The second kappa shape index (κ2) is 5.17. The Hall–Kier alpha value is -1.62. The minimum absolute atomic E-state index is 0.0643. The molecule has 3 heterocycles. The molecule has 3 rings (SSSR count). The number of amides is 1. The lowest BCUT2D eigenvalue weighted by molar-refractivity contribution is 0.0921. The molecule has 102 valence electrons. The highest BCUT2D eigenvalue weighted by Crippen LogP contribution is 2.27. The van der Waals surface area contributed by atoms with Crippen LogP contribution in [0.5, 0.6) is 5.75 Å². The molecular weight excluding hydrogens is 242 g/mol. The van der Waals surface area contributed by atoms with Crippen LogP contribution in [0.4, 0.5) is 0 Å².